The number of hydrogen-bond donors (Lipinski definition) is 1. The molecule has 0 bridgehead atoms. The average Bonchev–Trinajstić information content (AvgIpc) is 2.48. The molecule has 0 spiro atoms. The minimum absolute atomic E-state index is 0.327. The summed E-state index contributed by atoms with van der Waals surface area (Å²) in [6, 6.07) is 6.89. The van der Waals surface area contributed by atoms with Crippen LogP contribution in [0.3, 0.4) is 0 Å². The van der Waals surface area contributed by atoms with Crippen LogP contribution in [0.2, 0.25) is 0 Å². The zero-order valence-electron chi connectivity index (χ0n) is 13.2. The monoisotopic (exact) mass is 289 g/mol. The number of rotatable bonds is 3. The highest BCUT2D eigenvalue weighted by molar-refractivity contribution is 5.51. The number of morpholine rings is 1. The van der Waals surface area contributed by atoms with Crippen LogP contribution in [0.1, 0.15) is 25.0 Å². The fraction of sp³-hybridized carbons (Fsp3) is 0.647. The SMILES string of the molecule is CC(C)N1CCOC(CN2CCc3cccc(N)c3C2)C1. The number of hydrogen-bond acceptors (Lipinski definition) is 4. The van der Waals surface area contributed by atoms with Crippen LogP contribution in [-0.4, -0.2) is 54.7 Å². The number of fused-ring (bicyclic) bond motifs is 1. The van der Waals surface area contributed by atoms with Crippen molar-refractivity contribution in [1.29, 1.82) is 0 Å². The Morgan fingerprint density at radius 2 is 2.19 bits per heavy atom. The zero-order valence-corrected chi connectivity index (χ0v) is 13.2. The van der Waals surface area contributed by atoms with Crippen LogP contribution in [0.5, 0.6) is 0 Å². The third-order valence-electron chi connectivity index (χ3n) is 4.75. The molecular weight excluding hydrogens is 262 g/mol. The number of nitrogens with zero attached hydrogens (tertiary/aromatic N) is 2. The van der Waals surface area contributed by atoms with Gasteiger partial charge in [-0.3, -0.25) is 9.80 Å². The number of benzene rings is 1. The number of anilines is 1. The van der Waals surface area contributed by atoms with E-state index >= 15 is 0 Å². The Hall–Kier alpha value is -1.10. The molecule has 1 aromatic carbocycles. The van der Waals surface area contributed by atoms with E-state index in [-0.39, 0.29) is 0 Å². The molecule has 0 radical (unpaired) electrons. The molecule has 1 unspecified atom stereocenters. The topological polar surface area (TPSA) is 41.7 Å². The van der Waals surface area contributed by atoms with Crippen molar-refractivity contribution < 1.29 is 4.74 Å². The van der Waals surface area contributed by atoms with Crippen molar-refractivity contribution in [3.05, 3.63) is 29.3 Å². The second-order valence-corrected chi connectivity index (χ2v) is 6.55. The Morgan fingerprint density at radius 1 is 1.33 bits per heavy atom. The quantitative estimate of drug-likeness (QED) is 0.861. The van der Waals surface area contributed by atoms with Crippen molar-refractivity contribution in [3.63, 3.8) is 0 Å². The third kappa shape index (κ3) is 3.39. The maximum absolute atomic E-state index is 6.13. The maximum Gasteiger partial charge on any atom is 0.0829 e. The smallest absolute Gasteiger partial charge is 0.0829 e. The molecule has 0 aromatic heterocycles. The molecule has 0 amide bonds. The van der Waals surface area contributed by atoms with Gasteiger partial charge >= 0.3 is 0 Å². The average molecular weight is 289 g/mol. The summed E-state index contributed by atoms with van der Waals surface area (Å²) < 4.78 is 5.96. The molecule has 1 saturated heterocycles. The summed E-state index contributed by atoms with van der Waals surface area (Å²) in [6.07, 6.45) is 1.42. The molecule has 1 atom stereocenters. The lowest BCUT2D eigenvalue weighted by Gasteiger charge is -2.39. The summed E-state index contributed by atoms with van der Waals surface area (Å²) >= 11 is 0. The molecule has 2 aliphatic rings. The number of ether oxygens (including phenoxy) is 1. The highest BCUT2D eigenvalue weighted by Crippen LogP contribution is 2.24. The van der Waals surface area contributed by atoms with Crippen LogP contribution in [-0.2, 0) is 17.7 Å². The standard InChI is InChI=1S/C17H27N3O/c1-13(2)20-8-9-21-15(11-20)10-19-7-6-14-4-3-5-17(18)16(14)12-19/h3-5,13,15H,6-12,18H2,1-2H3. The van der Waals surface area contributed by atoms with Gasteiger partial charge in [0.15, 0.2) is 0 Å². The normalized spacial score (nSPS) is 24.2. The minimum atomic E-state index is 0.327. The Labute approximate surface area is 127 Å². The Bertz CT molecular complexity index is 489. The van der Waals surface area contributed by atoms with E-state index < -0.39 is 0 Å². The van der Waals surface area contributed by atoms with E-state index in [0.717, 1.165) is 51.4 Å². The zero-order chi connectivity index (χ0) is 14.8. The summed E-state index contributed by atoms with van der Waals surface area (Å²) in [5.74, 6) is 0. The van der Waals surface area contributed by atoms with Crippen LogP contribution in [0, 0.1) is 0 Å². The fourth-order valence-corrected chi connectivity index (χ4v) is 3.43. The molecule has 2 heterocycles. The molecule has 4 nitrogen and oxygen atoms in total. The molecule has 0 aliphatic carbocycles. The van der Waals surface area contributed by atoms with Crippen LogP contribution < -0.4 is 5.73 Å². The van der Waals surface area contributed by atoms with E-state index in [4.69, 9.17) is 10.5 Å². The van der Waals surface area contributed by atoms with Crippen molar-refractivity contribution in [2.24, 2.45) is 0 Å². The number of nitrogen functional groups attached to an aromatic ring is 1. The Balaban J connectivity index is 1.61. The Kier molecular flexibility index (Phi) is 4.48. The molecule has 2 aliphatic heterocycles. The van der Waals surface area contributed by atoms with Crippen LogP contribution in [0.15, 0.2) is 18.2 Å². The summed E-state index contributed by atoms with van der Waals surface area (Å²) in [5.41, 5.74) is 9.80. The summed E-state index contributed by atoms with van der Waals surface area (Å²) in [5, 5.41) is 0. The summed E-state index contributed by atoms with van der Waals surface area (Å²) in [4.78, 5) is 5.01. The van der Waals surface area contributed by atoms with Gasteiger partial charge in [-0.25, -0.2) is 0 Å². The summed E-state index contributed by atoms with van der Waals surface area (Å²) in [6.45, 7) is 10.6. The molecule has 116 valence electrons. The third-order valence-corrected chi connectivity index (χ3v) is 4.75. The van der Waals surface area contributed by atoms with Crippen molar-refractivity contribution in [3.8, 4) is 0 Å². The van der Waals surface area contributed by atoms with Gasteiger partial charge in [-0.2, -0.15) is 0 Å². The van der Waals surface area contributed by atoms with Crippen molar-refractivity contribution in [2.75, 3.05) is 38.5 Å². The van der Waals surface area contributed by atoms with Crippen LogP contribution in [0.25, 0.3) is 0 Å². The Morgan fingerprint density at radius 3 is 3.00 bits per heavy atom. The van der Waals surface area contributed by atoms with Crippen molar-refractivity contribution >= 4 is 5.69 Å². The predicted octanol–water partition coefficient (Wildman–Crippen LogP) is 1.74. The molecule has 3 rings (SSSR count). The lowest BCUT2D eigenvalue weighted by molar-refractivity contribution is -0.0535. The molecule has 1 fully saturated rings. The van der Waals surface area contributed by atoms with Gasteiger partial charge in [0.25, 0.3) is 0 Å². The molecule has 0 saturated carbocycles. The van der Waals surface area contributed by atoms with E-state index in [2.05, 4.69) is 35.8 Å². The lowest BCUT2D eigenvalue weighted by atomic mass is 9.98. The van der Waals surface area contributed by atoms with E-state index in [1.54, 1.807) is 0 Å². The highest BCUT2D eigenvalue weighted by Gasteiger charge is 2.26. The first-order valence-electron chi connectivity index (χ1n) is 8.07. The fourth-order valence-electron chi connectivity index (χ4n) is 3.43. The first-order chi connectivity index (χ1) is 10.1. The summed E-state index contributed by atoms with van der Waals surface area (Å²) in [7, 11) is 0. The highest BCUT2D eigenvalue weighted by atomic mass is 16.5. The van der Waals surface area contributed by atoms with Gasteiger partial charge in [0, 0.05) is 44.5 Å². The van der Waals surface area contributed by atoms with Crippen LogP contribution >= 0.6 is 0 Å². The van der Waals surface area contributed by atoms with Gasteiger partial charge < -0.3 is 10.5 Å². The predicted molar refractivity (Wildman–Crippen MR) is 86.3 cm³/mol. The molecular formula is C17H27N3O. The van der Waals surface area contributed by atoms with Crippen molar-refractivity contribution in [1.82, 2.24) is 9.80 Å². The van der Waals surface area contributed by atoms with Gasteiger partial charge in [0.1, 0.15) is 0 Å². The van der Waals surface area contributed by atoms with Gasteiger partial charge in [-0.05, 0) is 37.5 Å². The molecule has 4 heteroatoms. The van der Waals surface area contributed by atoms with E-state index in [9.17, 15) is 0 Å². The second-order valence-electron chi connectivity index (χ2n) is 6.55. The van der Waals surface area contributed by atoms with Gasteiger partial charge in [-0.15, -0.1) is 0 Å². The first-order valence-corrected chi connectivity index (χ1v) is 8.07. The first kappa shape index (κ1) is 14.8. The van der Waals surface area contributed by atoms with Gasteiger partial charge in [0.2, 0.25) is 0 Å². The van der Waals surface area contributed by atoms with E-state index in [1.807, 2.05) is 6.07 Å². The van der Waals surface area contributed by atoms with Gasteiger partial charge in [-0.1, -0.05) is 12.1 Å². The van der Waals surface area contributed by atoms with E-state index in [1.165, 1.54) is 11.1 Å². The molecule has 2 N–H and O–H groups in total. The largest absolute Gasteiger partial charge is 0.398 e. The minimum Gasteiger partial charge on any atom is -0.398 e. The second kappa shape index (κ2) is 6.34. The van der Waals surface area contributed by atoms with Gasteiger partial charge in [0.05, 0.1) is 12.7 Å². The van der Waals surface area contributed by atoms with Crippen LogP contribution in [0.4, 0.5) is 5.69 Å². The van der Waals surface area contributed by atoms with E-state index in [0.29, 0.717) is 12.1 Å². The molecule has 1 aromatic rings. The maximum atomic E-state index is 6.13. The number of nitrogens with two attached hydrogens (primary N) is 1. The van der Waals surface area contributed by atoms with Crippen molar-refractivity contribution in [2.45, 2.75) is 39.0 Å². The lowest BCUT2D eigenvalue weighted by Crippen LogP contribution is -2.50. The molecule has 21 heavy (non-hydrogen) atoms.